The number of aryl methyl sites for hydroxylation is 1. The number of rotatable bonds is 8. The molecule has 4 aromatic rings. The first-order valence-electron chi connectivity index (χ1n) is 13.2. The van der Waals surface area contributed by atoms with Crippen molar-refractivity contribution in [3.8, 4) is 11.3 Å². The molecule has 2 aromatic carbocycles. The fourth-order valence-corrected chi connectivity index (χ4v) is 6.28. The Morgan fingerprint density at radius 1 is 0.975 bits per heavy atom. The van der Waals surface area contributed by atoms with Crippen LogP contribution >= 0.6 is 0 Å². The van der Waals surface area contributed by atoms with E-state index in [2.05, 4.69) is 39.0 Å². The Morgan fingerprint density at radius 2 is 1.70 bits per heavy atom. The van der Waals surface area contributed by atoms with Crippen LogP contribution < -0.4 is 10.0 Å². The van der Waals surface area contributed by atoms with E-state index in [9.17, 15) is 17.2 Å². The van der Waals surface area contributed by atoms with Crippen LogP contribution in [-0.4, -0.2) is 54.4 Å². The van der Waals surface area contributed by atoms with Crippen LogP contribution in [-0.2, 0) is 15.8 Å². The average molecular weight is 567 g/mol. The summed E-state index contributed by atoms with van der Waals surface area (Å²) in [7, 11) is 0.334. The lowest BCUT2D eigenvalue weighted by Gasteiger charge is -2.32. The second kappa shape index (κ2) is 11.4. The number of pyridine rings is 1. The summed E-state index contributed by atoms with van der Waals surface area (Å²) in [4.78, 5) is 16.1. The number of hydrogen-bond donors (Lipinski definition) is 2. The van der Waals surface area contributed by atoms with Crippen LogP contribution in [0.4, 0.5) is 20.4 Å². The van der Waals surface area contributed by atoms with Gasteiger partial charge in [0, 0.05) is 17.6 Å². The Balaban J connectivity index is 1.30. The predicted molar refractivity (Wildman–Crippen MR) is 153 cm³/mol. The van der Waals surface area contributed by atoms with Gasteiger partial charge < -0.3 is 10.2 Å². The van der Waals surface area contributed by atoms with Crippen LogP contribution in [0.25, 0.3) is 22.3 Å². The third-order valence-electron chi connectivity index (χ3n) is 7.30. The maximum Gasteiger partial charge on any atom is 0.237 e. The number of aromatic nitrogens is 3. The first kappa shape index (κ1) is 27.9. The zero-order chi connectivity index (χ0) is 28.4. The predicted octanol–water partition coefficient (Wildman–Crippen LogP) is 5.51. The van der Waals surface area contributed by atoms with Crippen LogP contribution in [0.3, 0.4) is 0 Å². The van der Waals surface area contributed by atoms with Gasteiger partial charge in [-0.25, -0.2) is 32.2 Å². The minimum absolute atomic E-state index is 0.179. The smallest absolute Gasteiger partial charge is 0.237 e. The minimum Gasteiger partial charge on any atom is -0.351 e. The molecule has 0 atom stereocenters. The molecule has 2 N–H and O–H groups in total. The molecule has 0 amide bonds. The van der Waals surface area contributed by atoms with Gasteiger partial charge in [-0.2, -0.15) is 0 Å². The van der Waals surface area contributed by atoms with Gasteiger partial charge in [-0.3, -0.25) is 4.72 Å². The lowest BCUT2D eigenvalue weighted by Crippen LogP contribution is -2.36. The molecule has 2 aromatic heterocycles. The maximum absolute atomic E-state index is 15.0. The number of nitrogens with one attached hydrogen (secondary N) is 2. The first-order valence-corrected chi connectivity index (χ1v) is 14.8. The molecule has 0 bridgehead atoms. The number of anilines is 2. The van der Waals surface area contributed by atoms with Crippen molar-refractivity contribution in [2.45, 2.75) is 50.4 Å². The largest absolute Gasteiger partial charge is 0.351 e. The number of halogens is 2. The number of hydrogen-bond acceptors (Lipinski definition) is 7. The molecule has 0 radical (unpaired) electrons. The van der Waals surface area contributed by atoms with Gasteiger partial charge in [-0.15, -0.1) is 0 Å². The summed E-state index contributed by atoms with van der Waals surface area (Å²) >= 11 is 0. The molecule has 2 heterocycles. The van der Waals surface area contributed by atoms with E-state index in [1.807, 2.05) is 13.0 Å². The van der Waals surface area contributed by atoms with Gasteiger partial charge in [0.2, 0.25) is 16.0 Å². The van der Waals surface area contributed by atoms with Crippen LogP contribution in [0.5, 0.6) is 0 Å². The highest BCUT2D eigenvalue weighted by molar-refractivity contribution is 7.91. The number of nitrogens with zero attached hydrogens (tertiary/aromatic N) is 4. The van der Waals surface area contributed by atoms with E-state index in [0.717, 1.165) is 31.2 Å². The van der Waals surface area contributed by atoms with Crippen molar-refractivity contribution in [2.24, 2.45) is 0 Å². The van der Waals surface area contributed by atoms with Crippen LogP contribution in [0.2, 0.25) is 0 Å². The third kappa shape index (κ3) is 6.53. The average Bonchev–Trinajstić information content (AvgIpc) is 2.91. The van der Waals surface area contributed by atoms with Gasteiger partial charge in [0.15, 0.2) is 0 Å². The second-order valence-electron chi connectivity index (χ2n) is 10.5. The molecule has 40 heavy (non-hydrogen) atoms. The molecule has 0 unspecified atom stereocenters. The van der Waals surface area contributed by atoms with Crippen molar-refractivity contribution in [1.82, 2.24) is 19.9 Å². The van der Waals surface area contributed by atoms with Crippen LogP contribution in [0.1, 0.15) is 36.8 Å². The Kier molecular flexibility index (Phi) is 7.95. The zero-order valence-electron chi connectivity index (χ0n) is 22.7. The normalized spacial score (nSPS) is 17.8. The van der Waals surface area contributed by atoms with Gasteiger partial charge in [-0.1, -0.05) is 18.2 Å². The molecule has 0 saturated heterocycles. The van der Waals surface area contributed by atoms with E-state index in [4.69, 9.17) is 4.98 Å². The monoisotopic (exact) mass is 566 g/mol. The van der Waals surface area contributed by atoms with Crippen LogP contribution in [0, 0.1) is 18.6 Å². The molecular weight excluding hydrogens is 534 g/mol. The summed E-state index contributed by atoms with van der Waals surface area (Å²) in [6.07, 6.45) is 6.05. The van der Waals surface area contributed by atoms with E-state index >= 15 is 0 Å². The summed E-state index contributed by atoms with van der Waals surface area (Å²) in [5.41, 5.74) is 3.39. The molecule has 0 aliphatic heterocycles. The molecular formula is C29H32F2N6O2S. The number of sulfonamides is 1. The summed E-state index contributed by atoms with van der Waals surface area (Å²) in [6.45, 7) is 1.92. The van der Waals surface area contributed by atoms with E-state index < -0.39 is 27.4 Å². The van der Waals surface area contributed by atoms with Gasteiger partial charge in [0.05, 0.1) is 28.8 Å². The highest BCUT2D eigenvalue weighted by Gasteiger charge is 2.23. The third-order valence-corrected chi connectivity index (χ3v) is 8.54. The number of benzene rings is 2. The first-order chi connectivity index (χ1) is 19.1. The lowest BCUT2D eigenvalue weighted by molar-refractivity contribution is 0.221. The van der Waals surface area contributed by atoms with Gasteiger partial charge in [0.25, 0.3) is 0 Å². The highest BCUT2D eigenvalue weighted by atomic mass is 32.2. The van der Waals surface area contributed by atoms with E-state index in [1.54, 1.807) is 12.3 Å². The molecule has 1 aliphatic carbocycles. The standard InChI is InChI=1S/C29H32F2N6O2S/c1-18-14-26(34-27-16-32-29(35-28(18)27)33-22-9-11-23(12-10-22)37(2)3)20-6-13-25(24(31)15-20)36-40(38,39)17-19-4-7-21(30)8-5-19/h4-8,13-16,22-23,36H,9-12,17H2,1-3H3,(H,32,33,35)/t22-,23-. The summed E-state index contributed by atoms with van der Waals surface area (Å²) in [6, 6.07) is 12.1. The topological polar surface area (TPSA) is 100 Å². The van der Waals surface area contributed by atoms with E-state index in [1.165, 1.54) is 36.4 Å². The van der Waals surface area contributed by atoms with Crippen molar-refractivity contribution in [3.05, 3.63) is 77.5 Å². The Bertz CT molecular complexity index is 1620. The summed E-state index contributed by atoms with van der Waals surface area (Å²) in [5.74, 6) is -1.04. The minimum atomic E-state index is -3.91. The Morgan fingerprint density at radius 3 is 2.38 bits per heavy atom. The molecule has 8 nitrogen and oxygen atoms in total. The van der Waals surface area contributed by atoms with E-state index in [-0.39, 0.29) is 5.69 Å². The zero-order valence-corrected chi connectivity index (χ0v) is 23.5. The van der Waals surface area contributed by atoms with Crippen LogP contribution in [0.15, 0.2) is 54.7 Å². The lowest BCUT2D eigenvalue weighted by atomic mass is 9.91. The van der Waals surface area contributed by atoms with Crippen molar-refractivity contribution in [2.75, 3.05) is 24.1 Å². The molecule has 0 spiro atoms. The summed E-state index contributed by atoms with van der Waals surface area (Å²) < 4.78 is 55.4. The molecule has 11 heteroatoms. The maximum atomic E-state index is 15.0. The molecule has 1 aliphatic rings. The van der Waals surface area contributed by atoms with E-state index in [0.29, 0.717) is 45.9 Å². The Labute approximate surface area is 232 Å². The molecule has 210 valence electrons. The number of fused-ring (bicyclic) bond motifs is 1. The van der Waals surface area contributed by atoms with Gasteiger partial charge in [-0.05, 0) is 88.2 Å². The quantitative estimate of drug-likeness (QED) is 0.290. The van der Waals surface area contributed by atoms with Gasteiger partial charge >= 0.3 is 0 Å². The van der Waals surface area contributed by atoms with Crippen molar-refractivity contribution in [3.63, 3.8) is 0 Å². The Hall–Kier alpha value is -3.70. The van der Waals surface area contributed by atoms with Crippen molar-refractivity contribution in [1.29, 1.82) is 0 Å². The fourth-order valence-electron chi connectivity index (χ4n) is 5.08. The molecule has 5 rings (SSSR count). The molecule has 1 saturated carbocycles. The van der Waals surface area contributed by atoms with Crippen molar-refractivity contribution < 1.29 is 17.2 Å². The highest BCUT2D eigenvalue weighted by Crippen LogP contribution is 2.28. The fraction of sp³-hybridized carbons (Fsp3) is 0.345. The SMILES string of the molecule is Cc1cc(-c2ccc(NS(=O)(=O)Cc3ccc(F)cc3)c(F)c2)nc2cnc(N[C@H]3CC[C@H](N(C)C)CC3)nc12. The van der Waals surface area contributed by atoms with Crippen molar-refractivity contribution >= 4 is 32.7 Å². The summed E-state index contributed by atoms with van der Waals surface area (Å²) in [5, 5.41) is 3.47. The van der Waals surface area contributed by atoms with Gasteiger partial charge in [0.1, 0.15) is 17.2 Å². The molecule has 1 fully saturated rings. The second-order valence-corrected chi connectivity index (χ2v) is 12.3.